The van der Waals surface area contributed by atoms with Gasteiger partial charge < -0.3 is 4.90 Å². The van der Waals surface area contributed by atoms with E-state index in [0.29, 0.717) is 11.0 Å². The lowest BCUT2D eigenvalue weighted by Gasteiger charge is -2.46. The maximum absolute atomic E-state index is 13.7. The Morgan fingerprint density at radius 2 is 1.80 bits per heavy atom. The van der Waals surface area contributed by atoms with Crippen LogP contribution in [0.15, 0.2) is 47.4 Å². The molecule has 11 heteroatoms. The van der Waals surface area contributed by atoms with Gasteiger partial charge in [0.25, 0.3) is 21.9 Å². The maximum Gasteiger partial charge on any atom is 0.284 e. The smallest absolute Gasteiger partial charge is 0.284 e. The summed E-state index contributed by atoms with van der Waals surface area (Å²) < 4.78 is 81.4. The van der Waals surface area contributed by atoms with Crippen molar-refractivity contribution < 1.29 is 26.0 Å². The van der Waals surface area contributed by atoms with Crippen LogP contribution in [-0.4, -0.2) is 36.1 Å². The monoisotopic (exact) mass is 461 g/mol. The number of alkyl halides is 4. The average molecular weight is 462 g/mol. The Morgan fingerprint density at radius 1 is 1.17 bits per heavy atom. The van der Waals surface area contributed by atoms with Crippen molar-refractivity contribution in [2.45, 2.75) is 36.6 Å². The summed E-state index contributed by atoms with van der Waals surface area (Å²) >= 11 is 6.24. The number of hydrogen-bond donors (Lipinski definition) is 0. The van der Waals surface area contributed by atoms with Crippen LogP contribution in [0.4, 0.5) is 23.4 Å². The number of nitrogens with zero attached hydrogens (tertiary/aromatic N) is 3. The van der Waals surface area contributed by atoms with Crippen molar-refractivity contribution >= 4 is 38.3 Å². The molecule has 0 spiro atoms. The molecule has 160 valence electrons. The highest BCUT2D eigenvalue weighted by molar-refractivity contribution is 7.90. The fourth-order valence-corrected chi connectivity index (χ4v) is 4.89. The molecule has 1 aromatic heterocycles. The van der Waals surface area contributed by atoms with E-state index < -0.39 is 34.5 Å². The average Bonchev–Trinajstić information content (AvgIpc) is 3.07. The number of aromatic nitrogens is 2. The summed E-state index contributed by atoms with van der Waals surface area (Å²) in [6.45, 7) is 1.39. The second-order valence-corrected chi connectivity index (χ2v) is 9.46. The molecule has 1 saturated heterocycles. The molecule has 5 nitrogen and oxygen atoms in total. The van der Waals surface area contributed by atoms with Crippen LogP contribution in [0.25, 0.3) is 10.9 Å². The molecular formula is C19H16ClF4N3O2S. The van der Waals surface area contributed by atoms with E-state index in [4.69, 9.17) is 11.6 Å². The molecule has 2 aromatic carbocycles. The zero-order valence-corrected chi connectivity index (χ0v) is 17.4. The van der Waals surface area contributed by atoms with Crippen molar-refractivity contribution in [2.24, 2.45) is 0 Å². The van der Waals surface area contributed by atoms with E-state index in [9.17, 15) is 26.0 Å². The van der Waals surface area contributed by atoms with Gasteiger partial charge in [-0.25, -0.2) is 17.6 Å². The van der Waals surface area contributed by atoms with Crippen molar-refractivity contribution in [3.8, 4) is 0 Å². The first kappa shape index (κ1) is 20.9. The molecule has 1 unspecified atom stereocenters. The summed E-state index contributed by atoms with van der Waals surface area (Å²) in [4.78, 5) is 1.01. The summed E-state index contributed by atoms with van der Waals surface area (Å²) in [7, 11) is -4.30. The molecule has 3 aromatic rings. The first-order valence-electron chi connectivity index (χ1n) is 8.90. The second-order valence-electron chi connectivity index (χ2n) is 7.28. The minimum absolute atomic E-state index is 0.0225. The minimum atomic E-state index is -4.30. The molecule has 4 rings (SSSR count). The van der Waals surface area contributed by atoms with Crippen LogP contribution in [-0.2, 0) is 15.9 Å². The molecular weight excluding hydrogens is 446 g/mol. The van der Waals surface area contributed by atoms with E-state index in [1.165, 1.54) is 30.0 Å². The van der Waals surface area contributed by atoms with Crippen molar-refractivity contribution in [2.75, 3.05) is 11.4 Å². The lowest BCUT2D eigenvalue weighted by molar-refractivity contribution is -0.0642. The van der Waals surface area contributed by atoms with Crippen molar-refractivity contribution in [3.63, 3.8) is 0 Å². The maximum atomic E-state index is 13.7. The highest BCUT2D eigenvalue weighted by atomic mass is 35.5. The Kier molecular flexibility index (Phi) is 4.59. The van der Waals surface area contributed by atoms with Crippen LogP contribution in [0.3, 0.4) is 0 Å². The summed E-state index contributed by atoms with van der Waals surface area (Å²) in [6, 6.07) is 7.43. The summed E-state index contributed by atoms with van der Waals surface area (Å²) in [5, 5.41) is 4.48. The van der Waals surface area contributed by atoms with Crippen LogP contribution in [0, 0.1) is 0 Å². The first-order valence-corrected chi connectivity index (χ1v) is 10.7. The van der Waals surface area contributed by atoms with Gasteiger partial charge in [0.05, 0.1) is 33.4 Å². The Balaban J connectivity index is 1.86. The highest BCUT2D eigenvalue weighted by Crippen LogP contribution is 2.43. The topological polar surface area (TPSA) is 55.2 Å². The van der Waals surface area contributed by atoms with Gasteiger partial charge in [0.15, 0.2) is 5.82 Å². The SMILES string of the molecule is CC1N(c2nn(S(=O)(=O)c3ccc(C(C)(F)F)cc3)c3cccc(Cl)c23)CC1(F)F. The van der Waals surface area contributed by atoms with Crippen LogP contribution in [0.1, 0.15) is 19.4 Å². The van der Waals surface area contributed by atoms with Gasteiger partial charge in [0.1, 0.15) is 0 Å². The predicted molar refractivity (Wildman–Crippen MR) is 105 cm³/mol. The molecule has 0 N–H and O–H groups in total. The van der Waals surface area contributed by atoms with Crippen molar-refractivity contribution in [3.05, 3.63) is 53.1 Å². The fraction of sp³-hybridized carbons (Fsp3) is 0.316. The van der Waals surface area contributed by atoms with E-state index in [0.717, 1.165) is 24.3 Å². The molecule has 2 heterocycles. The van der Waals surface area contributed by atoms with Gasteiger partial charge in [-0.15, -0.1) is 5.10 Å². The Labute approximate surface area is 174 Å². The van der Waals surface area contributed by atoms with E-state index in [1.807, 2.05) is 0 Å². The normalized spacial score (nSPS) is 19.2. The summed E-state index contributed by atoms with van der Waals surface area (Å²) in [5.41, 5.74) is -0.239. The number of rotatable bonds is 4. The van der Waals surface area contributed by atoms with E-state index >= 15 is 0 Å². The number of hydrogen-bond acceptors (Lipinski definition) is 4. The molecule has 0 aliphatic carbocycles. The molecule has 1 atom stereocenters. The third kappa shape index (κ3) is 3.13. The first-order chi connectivity index (χ1) is 13.8. The van der Waals surface area contributed by atoms with Crippen LogP contribution < -0.4 is 4.90 Å². The predicted octanol–water partition coefficient (Wildman–Crippen LogP) is 4.88. The summed E-state index contributed by atoms with van der Waals surface area (Å²) in [5.74, 6) is -6.04. The van der Waals surface area contributed by atoms with Gasteiger partial charge in [-0.2, -0.15) is 12.5 Å². The molecule has 1 fully saturated rings. The molecule has 30 heavy (non-hydrogen) atoms. The molecule has 0 saturated carbocycles. The zero-order valence-electron chi connectivity index (χ0n) is 15.8. The molecule has 1 aliphatic heterocycles. The van der Waals surface area contributed by atoms with Crippen LogP contribution in [0.5, 0.6) is 0 Å². The third-order valence-corrected chi connectivity index (χ3v) is 7.14. The second kappa shape index (κ2) is 6.58. The van der Waals surface area contributed by atoms with E-state index in [-0.39, 0.29) is 32.2 Å². The summed E-state index contributed by atoms with van der Waals surface area (Å²) in [6.07, 6.45) is 0. The van der Waals surface area contributed by atoms with Gasteiger partial charge in [-0.1, -0.05) is 29.8 Å². The number of halogens is 5. The van der Waals surface area contributed by atoms with Crippen LogP contribution >= 0.6 is 11.6 Å². The number of fused-ring (bicyclic) bond motifs is 1. The fourth-order valence-electron chi connectivity index (χ4n) is 3.36. The standard InChI is InChI=1S/C19H16ClF4N3O2S/c1-11-19(23,24)10-26(11)17-16-14(20)4-3-5-15(16)27(25-17)30(28,29)13-8-6-12(7-9-13)18(2,21)22/h3-9,11H,10H2,1-2H3. The Morgan fingerprint density at radius 3 is 2.33 bits per heavy atom. The number of benzene rings is 2. The van der Waals surface area contributed by atoms with Gasteiger partial charge in [-0.3, -0.25) is 0 Å². The minimum Gasteiger partial charge on any atom is -0.340 e. The lowest BCUT2D eigenvalue weighted by atomic mass is 9.99. The Hall–Kier alpha value is -2.33. The molecule has 0 radical (unpaired) electrons. The molecule has 0 amide bonds. The number of anilines is 1. The highest BCUT2D eigenvalue weighted by Gasteiger charge is 2.53. The van der Waals surface area contributed by atoms with Gasteiger partial charge in [0.2, 0.25) is 0 Å². The van der Waals surface area contributed by atoms with Gasteiger partial charge in [-0.05, 0) is 31.2 Å². The third-order valence-electron chi connectivity index (χ3n) is 5.23. The van der Waals surface area contributed by atoms with Crippen LogP contribution in [0.2, 0.25) is 5.02 Å². The Bertz CT molecular complexity index is 1240. The van der Waals surface area contributed by atoms with E-state index in [1.54, 1.807) is 0 Å². The quantitative estimate of drug-likeness (QED) is 0.519. The molecule has 1 aliphatic rings. The lowest BCUT2D eigenvalue weighted by Crippen LogP contribution is -2.64. The van der Waals surface area contributed by atoms with Gasteiger partial charge >= 0.3 is 0 Å². The van der Waals surface area contributed by atoms with Crippen molar-refractivity contribution in [1.82, 2.24) is 9.19 Å². The van der Waals surface area contributed by atoms with E-state index in [2.05, 4.69) is 5.10 Å². The zero-order chi connectivity index (χ0) is 22.1. The largest absolute Gasteiger partial charge is 0.340 e. The van der Waals surface area contributed by atoms with Crippen molar-refractivity contribution in [1.29, 1.82) is 0 Å². The molecule has 0 bridgehead atoms. The van der Waals surface area contributed by atoms with Gasteiger partial charge in [0, 0.05) is 12.5 Å².